The van der Waals surface area contributed by atoms with Crippen molar-refractivity contribution in [2.45, 2.75) is 63.1 Å². The summed E-state index contributed by atoms with van der Waals surface area (Å²) in [4.78, 5) is 72.9. The molecule has 1 aromatic rings. The number of rotatable bonds is 19. The maximum absolute atomic E-state index is 13.4. The third-order valence-corrected chi connectivity index (χ3v) is 6.70. The van der Waals surface area contributed by atoms with Gasteiger partial charge in [0.15, 0.2) is 0 Å². The van der Waals surface area contributed by atoms with E-state index in [-0.39, 0.29) is 43.0 Å². The number of aryl methyl sites for hydroxylation is 1. The molecule has 2 rings (SSSR count). The van der Waals surface area contributed by atoms with Crippen molar-refractivity contribution >= 4 is 35.7 Å². The molecule has 2 amide bonds. The number of carbonyl (C=O) groups excluding carboxylic acids is 4. The number of likely N-dealkylation sites (tertiary alicyclic amines) is 1. The second-order valence-electron chi connectivity index (χ2n) is 9.90. The Balaban J connectivity index is 0.00000882. The van der Waals surface area contributed by atoms with E-state index in [2.05, 4.69) is 10.6 Å². The number of benzene rings is 1. The molecule has 0 unspecified atom stereocenters. The molecule has 235 valence electrons. The van der Waals surface area contributed by atoms with E-state index in [1.54, 1.807) is 0 Å². The average molecular weight is 640 g/mol. The van der Waals surface area contributed by atoms with Gasteiger partial charge in [0.2, 0.25) is 11.8 Å². The fraction of sp³-hybridized carbons (Fsp3) is 0.556. The van der Waals surface area contributed by atoms with Gasteiger partial charge >= 0.3 is 29.0 Å². The van der Waals surface area contributed by atoms with E-state index in [1.807, 2.05) is 30.3 Å². The van der Waals surface area contributed by atoms with Crippen molar-refractivity contribution < 1.29 is 66.3 Å². The van der Waals surface area contributed by atoms with Gasteiger partial charge in [-0.1, -0.05) is 30.3 Å². The molecule has 14 nitrogen and oxygen atoms in total. The van der Waals surface area contributed by atoms with Crippen LogP contribution in [-0.4, -0.2) is 107 Å². The maximum Gasteiger partial charge on any atom is 2.00 e. The molecule has 1 fully saturated rings. The number of hydrogen-bond acceptors (Lipinski definition) is 10. The molecule has 1 aliphatic heterocycles. The molecule has 1 radical (unpaired) electrons. The molecule has 0 saturated carbocycles. The average Bonchev–Trinajstić information content (AvgIpc) is 3.39. The Labute approximate surface area is 253 Å². The van der Waals surface area contributed by atoms with Gasteiger partial charge in [-0.15, -0.1) is 0 Å². The van der Waals surface area contributed by atoms with E-state index in [0.717, 1.165) is 10.5 Å². The molecule has 0 bridgehead atoms. The number of aliphatic carboxylic acids is 4. The molecule has 0 spiro atoms. The molecule has 15 heteroatoms. The largest absolute Gasteiger partial charge is 2.00 e. The van der Waals surface area contributed by atoms with Crippen LogP contribution in [0.15, 0.2) is 30.3 Å². The first-order valence-corrected chi connectivity index (χ1v) is 13.4. The van der Waals surface area contributed by atoms with Gasteiger partial charge in [-0.2, -0.15) is 0 Å². The zero-order valence-corrected chi connectivity index (χ0v) is 23.9. The summed E-state index contributed by atoms with van der Waals surface area (Å²) in [5, 5.41) is 46.4. The van der Waals surface area contributed by atoms with Crippen molar-refractivity contribution in [3.63, 3.8) is 0 Å². The van der Waals surface area contributed by atoms with Crippen LogP contribution in [0.1, 0.15) is 44.1 Å². The number of carbonyl (C=O) groups is 6. The van der Waals surface area contributed by atoms with Crippen LogP contribution >= 0.6 is 0 Å². The minimum atomic E-state index is -1.55. The van der Waals surface area contributed by atoms with Crippen molar-refractivity contribution in [3.05, 3.63) is 35.9 Å². The van der Waals surface area contributed by atoms with Gasteiger partial charge in [0, 0.05) is 26.2 Å². The van der Waals surface area contributed by atoms with E-state index in [0.29, 0.717) is 32.1 Å². The van der Waals surface area contributed by atoms with Crippen LogP contribution in [0.25, 0.3) is 0 Å². The summed E-state index contributed by atoms with van der Waals surface area (Å²) in [6.45, 7) is -1.65. The van der Waals surface area contributed by atoms with Gasteiger partial charge in [0.1, 0.15) is 12.1 Å². The first-order valence-electron chi connectivity index (χ1n) is 13.4. The van der Waals surface area contributed by atoms with Gasteiger partial charge in [-0.3, -0.25) is 24.6 Å². The van der Waals surface area contributed by atoms with Crippen LogP contribution in [0.2, 0.25) is 0 Å². The van der Waals surface area contributed by atoms with E-state index < -0.39 is 73.5 Å². The van der Waals surface area contributed by atoms with E-state index in [1.165, 1.54) is 4.90 Å². The van der Waals surface area contributed by atoms with E-state index in [4.69, 9.17) is 0 Å². The first-order chi connectivity index (χ1) is 19.5. The Kier molecular flexibility index (Phi) is 16.4. The second-order valence-corrected chi connectivity index (χ2v) is 9.90. The predicted octanol–water partition coefficient (Wildman–Crippen LogP) is -2.81. The number of carboxylic acids is 4. The molecule has 1 heterocycles. The molecule has 1 saturated heterocycles. The van der Waals surface area contributed by atoms with Gasteiger partial charge in [0.05, 0.1) is 24.5 Å². The Bertz CT molecular complexity index is 1060. The van der Waals surface area contributed by atoms with Crippen molar-refractivity contribution in [1.82, 2.24) is 20.4 Å². The van der Waals surface area contributed by atoms with E-state index >= 15 is 0 Å². The third kappa shape index (κ3) is 13.0. The number of nitrogens with zero attached hydrogens (tertiary/aromatic N) is 2. The molecule has 42 heavy (non-hydrogen) atoms. The zero-order chi connectivity index (χ0) is 30.4. The molecule has 1 aliphatic rings. The molecule has 0 aliphatic carbocycles. The number of nitrogens with one attached hydrogen (secondary N) is 2. The predicted molar refractivity (Wildman–Crippen MR) is 139 cm³/mol. The summed E-state index contributed by atoms with van der Waals surface area (Å²) < 4.78 is 0. The molecule has 3 atom stereocenters. The van der Waals surface area contributed by atoms with Gasteiger partial charge in [0.25, 0.3) is 0 Å². The Morgan fingerprint density at radius 1 is 0.929 bits per heavy atom. The number of hydrogen-bond donors (Lipinski definition) is 4. The van der Waals surface area contributed by atoms with Gasteiger partial charge in [-0.05, 0) is 50.5 Å². The quantitative estimate of drug-likeness (QED) is 0.0890. The van der Waals surface area contributed by atoms with Crippen LogP contribution in [-0.2, 0) is 52.3 Å². The van der Waals surface area contributed by atoms with E-state index in [9.17, 15) is 49.2 Å². The van der Waals surface area contributed by atoms with Crippen LogP contribution < -0.4 is 20.8 Å². The number of amides is 2. The minimum Gasteiger partial charge on any atom is -0.549 e. The van der Waals surface area contributed by atoms with Crippen molar-refractivity contribution in [1.29, 1.82) is 0 Å². The molecule has 1 aromatic carbocycles. The standard InChI is InChI=1S/C27H38N4O10.Cu/c32-22(15-30(16-23(33)34)17-24(35)36)28-13-5-4-9-19(25(37)31-14-6-10-21(31)27(40)41)29-20(26(38)39)12-11-18-7-2-1-3-8-18;/h1-3,7-8,19-21,29H,4-6,9-17H2,(H,28,32)(H,33,34)(H,35,36)(H,38,39)(H,40,41);/q;+2/p-2/t19-,20-,21-;/m0./s1. The zero-order valence-electron chi connectivity index (χ0n) is 23.0. The second kappa shape index (κ2) is 18.8. The Hall–Kier alpha value is -3.52. The van der Waals surface area contributed by atoms with Crippen LogP contribution in [0.4, 0.5) is 0 Å². The molecule has 4 N–H and O–H groups in total. The van der Waals surface area contributed by atoms with Gasteiger partial charge in [-0.25, -0.2) is 4.79 Å². The first kappa shape index (κ1) is 36.5. The topological polar surface area (TPSA) is 220 Å². The van der Waals surface area contributed by atoms with Crippen LogP contribution in [0, 0.1) is 0 Å². The Morgan fingerprint density at radius 2 is 1.57 bits per heavy atom. The molecule has 0 aromatic heterocycles. The normalized spacial score (nSPS) is 15.8. The third-order valence-electron chi connectivity index (χ3n) is 6.70. The fourth-order valence-electron chi connectivity index (χ4n) is 4.74. The monoisotopic (exact) mass is 639 g/mol. The van der Waals surface area contributed by atoms with Crippen molar-refractivity contribution in [2.24, 2.45) is 0 Å². The Morgan fingerprint density at radius 3 is 2.14 bits per heavy atom. The van der Waals surface area contributed by atoms with Crippen molar-refractivity contribution in [3.8, 4) is 0 Å². The van der Waals surface area contributed by atoms with Crippen molar-refractivity contribution in [2.75, 3.05) is 32.7 Å². The molecular formula is C27H36CuN4O10. The van der Waals surface area contributed by atoms with Gasteiger partial charge < -0.3 is 40.2 Å². The summed E-state index contributed by atoms with van der Waals surface area (Å²) in [5.41, 5.74) is 0.933. The summed E-state index contributed by atoms with van der Waals surface area (Å²) in [5.74, 6) is -6.47. The van der Waals surface area contributed by atoms with Crippen LogP contribution in [0.3, 0.4) is 0 Å². The fourth-order valence-corrected chi connectivity index (χ4v) is 4.74. The number of carboxylic acid groups (broad SMARTS) is 4. The smallest absolute Gasteiger partial charge is 0.549 e. The minimum absolute atomic E-state index is 0. The van der Waals surface area contributed by atoms with Crippen LogP contribution in [0.5, 0.6) is 0 Å². The maximum atomic E-state index is 13.4. The molecular weight excluding hydrogens is 604 g/mol. The summed E-state index contributed by atoms with van der Waals surface area (Å²) >= 11 is 0. The number of unbranched alkanes of at least 4 members (excludes halogenated alkanes) is 1. The summed E-state index contributed by atoms with van der Waals surface area (Å²) in [6.07, 6.45) is 2.38. The summed E-state index contributed by atoms with van der Waals surface area (Å²) in [6, 6.07) is 6.25. The SMILES string of the molecule is O=C([O-])CN(CC(=O)[O-])CC(=O)NCCCC[C@H](N[C@@H](CCc1ccccc1)C(=O)O)C(=O)N1CCC[C@H]1C(=O)O.[Cu+2]. The summed E-state index contributed by atoms with van der Waals surface area (Å²) in [7, 11) is 0.